The smallest absolute Gasteiger partial charge is 0.271 e. The number of nitrogens with zero attached hydrogens (tertiary/aromatic N) is 1. The van der Waals surface area contributed by atoms with Crippen LogP contribution < -0.4 is 15.4 Å². The molecule has 8 heteroatoms. The van der Waals surface area contributed by atoms with Crippen LogP contribution >= 0.6 is 11.3 Å². The van der Waals surface area contributed by atoms with Gasteiger partial charge < -0.3 is 15.4 Å². The summed E-state index contributed by atoms with van der Waals surface area (Å²) in [6, 6.07) is 5.66. The standard InChI is InChI=1S/C16H18FN3O3S/c1-10(2)19-14(21)7-18-16(22)13-9-24-15(20-13)8-23-12-5-3-11(17)4-6-12/h3-6,9-10H,7-8H2,1-2H3,(H,18,22)(H,19,21). The number of benzene rings is 1. The maximum atomic E-state index is 12.8. The molecule has 0 radical (unpaired) electrons. The lowest BCUT2D eigenvalue weighted by Crippen LogP contribution is -2.39. The van der Waals surface area contributed by atoms with Crippen molar-refractivity contribution in [3.8, 4) is 5.75 Å². The Morgan fingerprint density at radius 3 is 2.67 bits per heavy atom. The summed E-state index contributed by atoms with van der Waals surface area (Å²) in [5.74, 6) is -0.494. The van der Waals surface area contributed by atoms with Gasteiger partial charge in [-0.1, -0.05) is 0 Å². The first-order chi connectivity index (χ1) is 11.4. The van der Waals surface area contributed by atoms with Gasteiger partial charge in [0, 0.05) is 11.4 Å². The molecule has 1 heterocycles. The fraction of sp³-hybridized carbons (Fsp3) is 0.312. The van der Waals surface area contributed by atoms with E-state index in [1.165, 1.54) is 35.6 Å². The summed E-state index contributed by atoms with van der Waals surface area (Å²) in [5.41, 5.74) is 0.232. The molecule has 0 aliphatic heterocycles. The maximum absolute atomic E-state index is 12.8. The van der Waals surface area contributed by atoms with Gasteiger partial charge in [0.1, 0.15) is 28.9 Å². The second-order valence-electron chi connectivity index (χ2n) is 5.27. The normalized spacial score (nSPS) is 10.5. The zero-order valence-electron chi connectivity index (χ0n) is 13.3. The molecule has 1 aromatic heterocycles. The summed E-state index contributed by atoms with van der Waals surface area (Å²) in [6.45, 7) is 3.76. The van der Waals surface area contributed by atoms with Crippen LogP contribution in [0.4, 0.5) is 4.39 Å². The summed E-state index contributed by atoms with van der Waals surface area (Å²) < 4.78 is 18.3. The van der Waals surface area contributed by atoms with Crippen LogP contribution in [-0.4, -0.2) is 29.4 Å². The van der Waals surface area contributed by atoms with E-state index in [-0.39, 0.29) is 36.6 Å². The second-order valence-corrected chi connectivity index (χ2v) is 6.22. The Balaban J connectivity index is 1.82. The Bertz CT molecular complexity index is 701. The zero-order chi connectivity index (χ0) is 17.5. The molecule has 2 rings (SSSR count). The van der Waals surface area contributed by atoms with Crippen LogP contribution in [0, 0.1) is 5.82 Å². The molecule has 0 spiro atoms. The van der Waals surface area contributed by atoms with E-state index in [1.807, 2.05) is 13.8 Å². The predicted octanol–water partition coefficient (Wildman–Crippen LogP) is 2.12. The van der Waals surface area contributed by atoms with Crippen molar-refractivity contribution in [3.05, 3.63) is 46.2 Å². The van der Waals surface area contributed by atoms with Crippen LogP contribution in [0.3, 0.4) is 0 Å². The molecule has 2 aromatic rings. The zero-order valence-corrected chi connectivity index (χ0v) is 14.2. The molecule has 0 bridgehead atoms. The van der Waals surface area contributed by atoms with E-state index in [9.17, 15) is 14.0 Å². The van der Waals surface area contributed by atoms with E-state index in [0.717, 1.165) is 0 Å². The Hall–Kier alpha value is -2.48. The maximum Gasteiger partial charge on any atom is 0.271 e. The number of amides is 2. The van der Waals surface area contributed by atoms with Gasteiger partial charge in [-0.2, -0.15) is 0 Å². The molecule has 0 unspecified atom stereocenters. The Morgan fingerprint density at radius 2 is 2.00 bits per heavy atom. The van der Waals surface area contributed by atoms with Crippen LogP contribution in [0.2, 0.25) is 0 Å². The van der Waals surface area contributed by atoms with E-state index in [0.29, 0.717) is 10.8 Å². The van der Waals surface area contributed by atoms with Crippen LogP contribution in [0.5, 0.6) is 5.75 Å². The van der Waals surface area contributed by atoms with Gasteiger partial charge in [-0.3, -0.25) is 9.59 Å². The highest BCUT2D eigenvalue weighted by Gasteiger charge is 2.12. The third kappa shape index (κ3) is 5.62. The summed E-state index contributed by atoms with van der Waals surface area (Å²) >= 11 is 1.27. The van der Waals surface area contributed by atoms with Crippen molar-refractivity contribution in [2.75, 3.05) is 6.54 Å². The van der Waals surface area contributed by atoms with Crippen molar-refractivity contribution in [1.82, 2.24) is 15.6 Å². The van der Waals surface area contributed by atoms with Gasteiger partial charge in [-0.25, -0.2) is 9.37 Å². The SMILES string of the molecule is CC(C)NC(=O)CNC(=O)c1csc(COc2ccc(F)cc2)n1. The molecular weight excluding hydrogens is 333 g/mol. The van der Waals surface area contributed by atoms with Crippen LogP contribution in [0.1, 0.15) is 29.3 Å². The number of carbonyl (C=O) groups is 2. The van der Waals surface area contributed by atoms with Crippen LogP contribution in [0.25, 0.3) is 0 Å². The number of nitrogens with one attached hydrogen (secondary N) is 2. The van der Waals surface area contributed by atoms with Gasteiger partial charge in [0.05, 0.1) is 6.54 Å². The number of halogens is 1. The molecule has 0 atom stereocenters. The van der Waals surface area contributed by atoms with Crippen LogP contribution in [-0.2, 0) is 11.4 Å². The van der Waals surface area contributed by atoms with E-state index in [4.69, 9.17) is 4.74 Å². The van der Waals surface area contributed by atoms with Crippen molar-refractivity contribution in [2.24, 2.45) is 0 Å². The quantitative estimate of drug-likeness (QED) is 0.801. The summed E-state index contributed by atoms with van der Waals surface area (Å²) in [5, 5.41) is 7.39. The third-order valence-electron chi connectivity index (χ3n) is 2.82. The van der Waals surface area contributed by atoms with E-state index in [1.54, 1.807) is 5.38 Å². The van der Waals surface area contributed by atoms with Gasteiger partial charge in [-0.05, 0) is 38.1 Å². The molecule has 2 N–H and O–H groups in total. The summed E-state index contributed by atoms with van der Waals surface area (Å²) in [7, 11) is 0. The first-order valence-corrected chi connectivity index (χ1v) is 8.22. The van der Waals surface area contributed by atoms with Crippen molar-refractivity contribution >= 4 is 23.2 Å². The van der Waals surface area contributed by atoms with Gasteiger partial charge >= 0.3 is 0 Å². The molecule has 0 saturated carbocycles. The lowest BCUT2D eigenvalue weighted by Gasteiger charge is -2.08. The largest absolute Gasteiger partial charge is 0.486 e. The minimum Gasteiger partial charge on any atom is -0.486 e. The lowest BCUT2D eigenvalue weighted by atomic mass is 10.3. The first-order valence-electron chi connectivity index (χ1n) is 7.34. The number of hydrogen-bond acceptors (Lipinski definition) is 5. The molecule has 1 aromatic carbocycles. The summed E-state index contributed by atoms with van der Waals surface area (Å²) in [4.78, 5) is 27.6. The minimum absolute atomic E-state index is 0.0175. The number of rotatable bonds is 7. The molecule has 24 heavy (non-hydrogen) atoms. The predicted molar refractivity (Wildman–Crippen MR) is 88.5 cm³/mol. The number of aromatic nitrogens is 1. The van der Waals surface area contributed by atoms with Crippen molar-refractivity contribution < 1.29 is 18.7 Å². The fourth-order valence-electron chi connectivity index (χ4n) is 1.78. The Kier molecular flexibility index (Phi) is 6.25. The average molecular weight is 351 g/mol. The first kappa shape index (κ1) is 17.9. The molecule has 0 aliphatic carbocycles. The fourth-order valence-corrected chi connectivity index (χ4v) is 2.47. The molecular formula is C16H18FN3O3S. The monoisotopic (exact) mass is 351 g/mol. The highest BCUT2D eigenvalue weighted by molar-refractivity contribution is 7.09. The average Bonchev–Trinajstić information content (AvgIpc) is 3.00. The van der Waals surface area contributed by atoms with E-state index in [2.05, 4.69) is 15.6 Å². The van der Waals surface area contributed by atoms with E-state index < -0.39 is 5.91 Å². The van der Waals surface area contributed by atoms with Crippen LogP contribution in [0.15, 0.2) is 29.6 Å². The number of carbonyl (C=O) groups excluding carboxylic acids is 2. The van der Waals surface area contributed by atoms with Crippen molar-refractivity contribution in [3.63, 3.8) is 0 Å². The second kappa shape index (κ2) is 8.39. The van der Waals surface area contributed by atoms with Crippen molar-refractivity contribution in [2.45, 2.75) is 26.5 Å². The topological polar surface area (TPSA) is 80.3 Å². The summed E-state index contributed by atoms with van der Waals surface area (Å²) in [6.07, 6.45) is 0. The molecule has 0 saturated heterocycles. The number of ether oxygens (including phenoxy) is 1. The Morgan fingerprint density at radius 1 is 1.29 bits per heavy atom. The lowest BCUT2D eigenvalue weighted by molar-refractivity contribution is -0.120. The van der Waals surface area contributed by atoms with Gasteiger partial charge in [0.2, 0.25) is 5.91 Å². The highest BCUT2D eigenvalue weighted by Crippen LogP contribution is 2.16. The molecule has 0 aliphatic rings. The highest BCUT2D eigenvalue weighted by atomic mass is 32.1. The van der Waals surface area contributed by atoms with Gasteiger partial charge in [0.15, 0.2) is 0 Å². The molecule has 6 nitrogen and oxygen atoms in total. The van der Waals surface area contributed by atoms with Gasteiger partial charge in [0.25, 0.3) is 5.91 Å². The third-order valence-corrected chi connectivity index (χ3v) is 3.64. The van der Waals surface area contributed by atoms with Gasteiger partial charge in [-0.15, -0.1) is 11.3 Å². The molecule has 2 amide bonds. The van der Waals surface area contributed by atoms with E-state index >= 15 is 0 Å². The number of thiazole rings is 1. The molecule has 128 valence electrons. The Labute approximate surface area is 143 Å². The van der Waals surface area contributed by atoms with Crippen molar-refractivity contribution in [1.29, 1.82) is 0 Å². The number of hydrogen-bond donors (Lipinski definition) is 2. The molecule has 0 fully saturated rings. The minimum atomic E-state index is -0.418.